The van der Waals surface area contributed by atoms with Crippen molar-refractivity contribution in [2.24, 2.45) is 7.05 Å². The maximum atomic E-state index is 14.4. The lowest BCUT2D eigenvalue weighted by Crippen LogP contribution is -2.34. The van der Waals surface area contributed by atoms with E-state index in [1.54, 1.807) is 25.4 Å². The second kappa shape index (κ2) is 8.30. The molecule has 0 aliphatic rings. The minimum Gasteiger partial charge on any atom is -0.494 e. The normalized spacial score (nSPS) is 10.4. The van der Waals surface area contributed by atoms with Crippen LogP contribution in [0.3, 0.4) is 0 Å². The molecule has 0 saturated heterocycles. The Hall–Kier alpha value is -3.75. The lowest BCUT2D eigenvalue weighted by molar-refractivity contribution is -0.115. The summed E-state index contributed by atoms with van der Waals surface area (Å²) in [4.78, 5) is 28.0. The van der Waals surface area contributed by atoms with Gasteiger partial charge in [0.25, 0.3) is 5.91 Å². The quantitative estimate of drug-likeness (QED) is 0.678. The van der Waals surface area contributed by atoms with Crippen LogP contribution in [-0.2, 0) is 11.8 Å². The number of hydrogen-bond acceptors (Lipinski definition) is 5. The predicted molar refractivity (Wildman–Crippen MR) is 100 cm³/mol. The Morgan fingerprint density at radius 1 is 1.21 bits per heavy atom. The number of hydrogen-bond donors (Lipinski definition) is 2. The van der Waals surface area contributed by atoms with E-state index in [-0.39, 0.29) is 12.2 Å². The molecule has 3 aromatic rings. The number of carbonyl (C=O) groups excluding carboxylic acids is 2. The minimum absolute atomic E-state index is 0.0107. The van der Waals surface area contributed by atoms with E-state index in [0.717, 1.165) is 0 Å². The zero-order chi connectivity index (χ0) is 20.1. The van der Waals surface area contributed by atoms with Crippen molar-refractivity contribution in [1.82, 2.24) is 20.1 Å². The van der Waals surface area contributed by atoms with Gasteiger partial charge in [-0.3, -0.25) is 19.3 Å². The third-order valence-electron chi connectivity index (χ3n) is 4.02. The van der Waals surface area contributed by atoms with E-state index in [1.807, 2.05) is 0 Å². The molecule has 1 aromatic carbocycles. The van der Waals surface area contributed by atoms with Crippen LogP contribution in [0.1, 0.15) is 10.5 Å². The van der Waals surface area contributed by atoms with Gasteiger partial charge in [0.2, 0.25) is 5.91 Å². The second-order valence-electron chi connectivity index (χ2n) is 5.84. The van der Waals surface area contributed by atoms with E-state index in [9.17, 15) is 14.0 Å². The summed E-state index contributed by atoms with van der Waals surface area (Å²) in [5.41, 5.74) is 1.59. The standard InChI is InChI=1S/C19H18FN5O3/c1-25-16(6-8-23-25)19(27)22-11-18(26)24-15-4-3-12(9-14(15)20)13-5-7-21-10-17(13)28-2/h3-10H,11H2,1-2H3,(H,22,27)(H,24,26). The molecule has 2 heterocycles. The molecule has 8 nitrogen and oxygen atoms in total. The number of halogens is 1. The highest BCUT2D eigenvalue weighted by atomic mass is 19.1. The van der Waals surface area contributed by atoms with E-state index < -0.39 is 17.6 Å². The molecule has 0 aliphatic carbocycles. The van der Waals surface area contributed by atoms with Gasteiger partial charge in [-0.2, -0.15) is 5.10 Å². The fourth-order valence-corrected chi connectivity index (χ4v) is 2.61. The predicted octanol–water partition coefficient (Wildman–Crippen LogP) is 2.00. The molecule has 28 heavy (non-hydrogen) atoms. The SMILES string of the molecule is COc1cnccc1-c1ccc(NC(=O)CNC(=O)c2ccnn2C)c(F)c1. The maximum absolute atomic E-state index is 14.4. The molecule has 0 spiro atoms. The van der Waals surface area contributed by atoms with Crippen molar-refractivity contribution in [3.63, 3.8) is 0 Å². The van der Waals surface area contributed by atoms with Gasteiger partial charge in [-0.25, -0.2) is 4.39 Å². The van der Waals surface area contributed by atoms with Crippen molar-refractivity contribution in [1.29, 1.82) is 0 Å². The first-order valence-corrected chi connectivity index (χ1v) is 8.33. The van der Waals surface area contributed by atoms with Crippen molar-refractivity contribution in [3.05, 3.63) is 60.4 Å². The van der Waals surface area contributed by atoms with Gasteiger partial charge in [0, 0.05) is 25.0 Å². The number of benzene rings is 1. The van der Waals surface area contributed by atoms with Crippen molar-refractivity contribution in [3.8, 4) is 16.9 Å². The van der Waals surface area contributed by atoms with Crippen LogP contribution in [0.15, 0.2) is 48.9 Å². The largest absolute Gasteiger partial charge is 0.494 e. The molecule has 144 valence electrons. The summed E-state index contributed by atoms with van der Waals surface area (Å²) in [6.45, 7) is -0.302. The molecule has 2 aromatic heterocycles. The molecule has 9 heteroatoms. The number of ether oxygens (including phenoxy) is 1. The number of rotatable bonds is 6. The number of carbonyl (C=O) groups is 2. The summed E-state index contributed by atoms with van der Waals surface area (Å²) < 4.78 is 21.1. The number of aryl methyl sites for hydroxylation is 1. The lowest BCUT2D eigenvalue weighted by atomic mass is 10.1. The zero-order valence-electron chi connectivity index (χ0n) is 15.3. The van der Waals surface area contributed by atoms with E-state index >= 15 is 0 Å². The van der Waals surface area contributed by atoms with Crippen LogP contribution < -0.4 is 15.4 Å². The summed E-state index contributed by atoms with van der Waals surface area (Å²) in [5.74, 6) is -1.10. The van der Waals surface area contributed by atoms with Gasteiger partial charge in [-0.1, -0.05) is 6.07 Å². The highest BCUT2D eigenvalue weighted by molar-refractivity contribution is 5.98. The van der Waals surface area contributed by atoms with Crippen LogP contribution in [0.4, 0.5) is 10.1 Å². The molecule has 0 fully saturated rings. The van der Waals surface area contributed by atoms with Gasteiger partial charge in [0.1, 0.15) is 17.3 Å². The number of methoxy groups -OCH3 is 1. The molecule has 0 saturated carbocycles. The first-order chi connectivity index (χ1) is 13.5. The Morgan fingerprint density at radius 2 is 2.04 bits per heavy atom. The average Bonchev–Trinajstić information content (AvgIpc) is 3.13. The number of amides is 2. The topological polar surface area (TPSA) is 98.1 Å². The van der Waals surface area contributed by atoms with Gasteiger partial charge in [0.05, 0.1) is 25.5 Å². The van der Waals surface area contributed by atoms with E-state index in [0.29, 0.717) is 22.6 Å². The van der Waals surface area contributed by atoms with Gasteiger partial charge in [0.15, 0.2) is 0 Å². The number of pyridine rings is 1. The van der Waals surface area contributed by atoms with Gasteiger partial charge in [-0.15, -0.1) is 0 Å². The minimum atomic E-state index is -0.609. The van der Waals surface area contributed by atoms with Crippen molar-refractivity contribution in [2.45, 2.75) is 0 Å². The molecular weight excluding hydrogens is 365 g/mol. The third-order valence-corrected chi connectivity index (χ3v) is 4.02. The Morgan fingerprint density at radius 3 is 2.71 bits per heavy atom. The molecule has 3 rings (SSSR count). The van der Waals surface area contributed by atoms with Crippen LogP contribution in [0.2, 0.25) is 0 Å². The monoisotopic (exact) mass is 383 g/mol. The Kier molecular flexibility index (Phi) is 5.64. The highest BCUT2D eigenvalue weighted by Gasteiger charge is 2.14. The summed E-state index contributed by atoms with van der Waals surface area (Å²) >= 11 is 0. The highest BCUT2D eigenvalue weighted by Crippen LogP contribution is 2.30. The van der Waals surface area contributed by atoms with Crippen molar-refractivity contribution >= 4 is 17.5 Å². The summed E-state index contributed by atoms with van der Waals surface area (Å²) in [6, 6.07) is 7.64. The average molecular weight is 383 g/mol. The van der Waals surface area contributed by atoms with Crippen molar-refractivity contribution < 1.29 is 18.7 Å². The summed E-state index contributed by atoms with van der Waals surface area (Å²) in [6.07, 6.45) is 4.59. The number of nitrogens with zero attached hydrogens (tertiary/aromatic N) is 3. The maximum Gasteiger partial charge on any atom is 0.269 e. The Balaban J connectivity index is 1.65. The number of nitrogens with one attached hydrogen (secondary N) is 2. The van der Waals surface area contributed by atoms with Gasteiger partial charge in [-0.05, 0) is 29.8 Å². The second-order valence-corrected chi connectivity index (χ2v) is 5.84. The molecule has 2 N–H and O–H groups in total. The van der Waals surface area contributed by atoms with Crippen LogP contribution in [0.5, 0.6) is 5.75 Å². The Labute approximate surface area is 160 Å². The smallest absolute Gasteiger partial charge is 0.269 e. The molecule has 0 unspecified atom stereocenters. The first-order valence-electron chi connectivity index (χ1n) is 8.33. The number of aromatic nitrogens is 3. The summed E-state index contributed by atoms with van der Waals surface area (Å²) in [7, 11) is 3.12. The van der Waals surface area contributed by atoms with E-state index in [4.69, 9.17) is 4.74 Å². The first kappa shape index (κ1) is 19.0. The third kappa shape index (κ3) is 4.14. The molecule has 0 radical (unpaired) electrons. The molecule has 0 bridgehead atoms. The van der Waals surface area contributed by atoms with Crippen LogP contribution >= 0.6 is 0 Å². The fraction of sp³-hybridized carbons (Fsp3) is 0.158. The molecular formula is C19H18FN5O3. The van der Waals surface area contributed by atoms with E-state index in [2.05, 4.69) is 20.7 Å². The summed E-state index contributed by atoms with van der Waals surface area (Å²) in [5, 5.41) is 8.78. The van der Waals surface area contributed by atoms with Crippen molar-refractivity contribution in [2.75, 3.05) is 19.0 Å². The Bertz CT molecular complexity index is 1020. The van der Waals surface area contributed by atoms with Crippen LogP contribution in [0.25, 0.3) is 11.1 Å². The van der Waals surface area contributed by atoms with Gasteiger partial charge < -0.3 is 15.4 Å². The molecule has 0 atom stereocenters. The fourth-order valence-electron chi connectivity index (χ4n) is 2.61. The van der Waals surface area contributed by atoms with Gasteiger partial charge >= 0.3 is 0 Å². The lowest BCUT2D eigenvalue weighted by Gasteiger charge is -2.11. The van der Waals surface area contributed by atoms with Crippen LogP contribution in [0, 0.1) is 5.82 Å². The number of anilines is 1. The van der Waals surface area contributed by atoms with Crippen LogP contribution in [-0.4, -0.2) is 40.2 Å². The zero-order valence-corrected chi connectivity index (χ0v) is 15.3. The molecule has 0 aliphatic heterocycles. The molecule has 2 amide bonds. The van der Waals surface area contributed by atoms with E-state index in [1.165, 1.54) is 42.4 Å².